The summed E-state index contributed by atoms with van der Waals surface area (Å²) < 4.78 is 81.5. The first-order chi connectivity index (χ1) is 16.1. The number of halogens is 5. The van der Waals surface area contributed by atoms with Crippen LogP contribution in [0.25, 0.3) is 0 Å². The second-order valence-electron chi connectivity index (χ2n) is 6.69. The van der Waals surface area contributed by atoms with E-state index in [-0.39, 0.29) is 35.0 Å². The number of amides is 1. The number of hydrogen-bond donors (Lipinski definition) is 1. The number of nitrogens with one attached hydrogen (secondary N) is 1. The molecule has 2 heterocycles. The maximum atomic E-state index is 14.6. The van der Waals surface area contributed by atoms with Crippen LogP contribution in [0.4, 0.5) is 33.3 Å². The molecule has 0 unspecified atom stereocenters. The van der Waals surface area contributed by atoms with Gasteiger partial charge in [-0.1, -0.05) is 0 Å². The summed E-state index contributed by atoms with van der Waals surface area (Å²) in [5, 5.41) is 9.57. The molecule has 0 bridgehead atoms. The Bertz CT molecular complexity index is 1300. The fraction of sp³-hybridized carbons (Fsp3) is 0.0952. The Morgan fingerprint density at radius 3 is 2.38 bits per heavy atom. The van der Waals surface area contributed by atoms with Gasteiger partial charge in [0.15, 0.2) is 17.3 Å². The summed E-state index contributed by atoms with van der Waals surface area (Å²) in [6.45, 7) is 0. The zero-order valence-corrected chi connectivity index (χ0v) is 16.6. The van der Waals surface area contributed by atoms with Gasteiger partial charge >= 0.3 is 12.2 Å². The van der Waals surface area contributed by atoms with Gasteiger partial charge in [0.1, 0.15) is 23.3 Å². The Morgan fingerprint density at radius 2 is 1.71 bits per heavy atom. The average Bonchev–Trinajstić information content (AvgIpc) is 2.79. The van der Waals surface area contributed by atoms with Crippen LogP contribution in [0.2, 0.25) is 0 Å². The summed E-state index contributed by atoms with van der Waals surface area (Å²) in [7, 11) is 0. The molecule has 1 aliphatic rings. The fourth-order valence-electron chi connectivity index (χ4n) is 2.81. The number of aromatic nitrogens is 1. The molecule has 0 aliphatic carbocycles. The summed E-state index contributed by atoms with van der Waals surface area (Å²) >= 11 is 0. The number of anilines is 2. The van der Waals surface area contributed by atoms with Crippen molar-refractivity contribution < 1.29 is 41.0 Å². The van der Waals surface area contributed by atoms with Crippen LogP contribution in [0, 0.1) is 17.1 Å². The minimum atomic E-state index is -4.94. The van der Waals surface area contributed by atoms with E-state index in [9.17, 15) is 26.7 Å². The molecule has 0 saturated carbocycles. The van der Waals surface area contributed by atoms with E-state index in [1.807, 2.05) is 6.07 Å². The number of ether oxygens (including phenoxy) is 3. The van der Waals surface area contributed by atoms with Gasteiger partial charge in [-0.25, -0.2) is 14.4 Å². The predicted molar refractivity (Wildman–Crippen MR) is 105 cm³/mol. The van der Waals surface area contributed by atoms with E-state index in [0.29, 0.717) is 5.01 Å². The van der Waals surface area contributed by atoms with Crippen LogP contribution in [0.1, 0.15) is 5.69 Å². The Balaban J connectivity index is 1.53. The highest BCUT2D eigenvalue weighted by atomic mass is 19.3. The van der Waals surface area contributed by atoms with Crippen molar-refractivity contribution in [2.24, 2.45) is 0 Å². The monoisotopic (exact) mass is 478 g/mol. The van der Waals surface area contributed by atoms with Gasteiger partial charge in [-0.2, -0.15) is 22.8 Å². The van der Waals surface area contributed by atoms with Gasteiger partial charge < -0.3 is 14.2 Å². The van der Waals surface area contributed by atoms with E-state index in [2.05, 4.69) is 19.9 Å². The topological polar surface area (TPSA) is 96.7 Å². The van der Waals surface area contributed by atoms with Crippen molar-refractivity contribution in [1.29, 1.82) is 5.26 Å². The van der Waals surface area contributed by atoms with Gasteiger partial charge in [-0.05, 0) is 30.3 Å². The Kier molecular flexibility index (Phi) is 5.58. The molecule has 1 amide bonds. The van der Waals surface area contributed by atoms with Crippen LogP contribution in [-0.2, 0) is 4.79 Å². The molecule has 34 heavy (non-hydrogen) atoms. The van der Waals surface area contributed by atoms with E-state index in [4.69, 9.17) is 10.00 Å². The number of alkyl halides is 4. The third-order valence-electron chi connectivity index (χ3n) is 4.39. The highest BCUT2D eigenvalue weighted by molar-refractivity contribution is 5.80. The van der Waals surface area contributed by atoms with Gasteiger partial charge in [0.2, 0.25) is 6.41 Å². The number of pyridine rings is 1. The summed E-state index contributed by atoms with van der Waals surface area (Å²) in [4.78, 5) is 15.3. The van der Waals surface area contributed by atoms with E-state index >= 15 is 0 Å². The lowest BCUT2D eigenvalue weighted by Crippen LogP contribution is -2.52. The Labute approximate surface area is 187 Å². The maximum Gasteiger partial charge on any atom is 0.507 e. The number of carbonyl (C=O) groups excluding carboxylic acids is 1. The fourth-order valence-corrected chi connectivity index (χ4v) is 2.81. The summed E-state index contributed by atoms with van der Waals surface area (Å²) in [5.41, 5.74) is 2.16. The number of fused-ring (bicyclic) bond motifs is 1. The highest BCUT2D eigenvalue weighted by Gasteiger charge is 2.65. The second-order valence-corrected chi connectivity index (χ2v) is 6.69. The first-order valence-corrected chi connectivity index (χ1v) is 9.24. The Morgan fingerprint density at radius 1 is 1.00 bits per heavy atom. The molecule has 1 aliphatic heterocycles. The quantitative estimate of drug-likeness (QED) is 0.308. The molecule has 13 heteroatoms. The molecule has 174 valence electrons. The van der Waals surface area contributed by atoms with Crippen molar-refractivity contribution >= 4 is 17.8 Å². The third-order valence-corrected chi connectivity index (χ3v) is 4.39. The van der Waals surface area contributed by atoms with Crippen LogP contribution in [0.5, 0.6) is 23.0 Å². The van der Waals surface area contributed by atoms with Gasteiger partial charge in [0.25, 0.3) is 0 Å². The standard InChI is InChI=1S/C21H11F5N4O4/c22-16-9-14(32-15-5-6-28-12(7-15)10-27)2-3-17(16)29-30(11-31)13-1-4-18-19(8-13)34-21(25,26)20(23,24)33-18/h1-9,11,29H. The van der Waals surface area contributed by atoms with Crippen molar-refractivity contribution in [2.75, 3.05) is 10.4 Å². The minimum absolute atomic E-state index is 0.0679. The number of carbonyl (C=O) groups is 1. The van der Waals surface area contributed by atoms with Crippen LogP contribution in [0.15, 0.2) is 54.7 Å². The first-order valence-electron chi connectivity index (χ1n) is 9.24. The third kappa shape index (κ3) is 4.33. The summed E-state index contributed by atoms with van der Waals surface area (Å²) in [5.74, 6) is -1.98. The maximum absolute atomic E-state index is 14.6. The lowest BCUT2D eigenvalue weighted by atomic mass is 10.2. The predicted octanol–water partition coefficient (Wildman–Crippen LogP) is 4.83. The molecule has 1 aromatic heterocycles. The average molecular weight is 478 g/mol. The van der Waals surface area contributed by atoms with Crippen molar-refractivity contribution in [3.8, 4) is 29.1 Å². The number of hydrazine groups is 1. The van der Waals surface area contributed by atoms with Crippen LogP contribution >= 0.6 is 0 Å². The molecule has 2 aromatic carbocycles. The number of hydrogen-bond acceptors (Lipinski definition) is 7. The minimum Gasteiger partial charge on any atom is -0.457 e. The van der Waals surface area contributed by atoms with Crippen molar-refractivity contribution in [3.05, 3.63) is 66.2 Å². The number of nitriles is 1. The van der Waals surface area contributed by atoms with E-state index in [1.54, 1.807) is 0 Å². The lowest BCUT2D eigenvalue weighted by Gasteiger charge is -2.32. The highest BCUT2D eigenvalue weighted by Crippen LogP contribution is 2.47. The largest absolute Gasteiger partial charge is 0.507 e. The number of nitrogens with zero attached hydrogens (tertiary/aromatic N) is 3. The Hall–Kier alpha value is -4.60. The van der Waals surface area contributed by atoms with Gasteiger partial charge in [0, 0.05) is 24.4 Å². The lowest BCUT2D eigenvalue weighted by molar-refractivity contribution is -0.391. The van der Waals surface area contributed by atoms with Crippen molar-refractivity contribution in [2.45, 2.75) is 12.2 Å². The van der Waals surface area contributed by atoms with Gasteiger partial charge in [-0.15, -0.1) is 0 Å². The smallest absolute Gasteiger partial charge is 0.457 e. The zero-order valence-electron chi connectivity index (χ0n) is 16.6. The van der Waals surface area contributed by atoms with Crippen molar-refractivity contribution in [3.63, 3.8) is 0 Å². The molecule has 0 fully saturated rings. The SMILES string of the molecule is N#Cc1cc(Oc2ccc(NN(C=O)c3ccc4c(c3)OC(F)(F)C(F)(F)O4)c(F)c2)ccn1. The molecule has 0 atom stereocenters. The molecule has 4 rings (SSSR count). The van der Waals surface area contributed by atoms with Crippen molar-refractivity contribution in [1.82, 2.24) is 4.98 Å². The van der Waals surface area contributed by atoms with Crippen LogP contribution in [-0.4, -0.2) is 23.6 Å². The first kappa shape index (κ1) is 22.6. The molecular formula is C21H11F5N4O4. The number of benzene rings is 2. The van der Waals surface area contributed by atoms with Crippen LogP contribution < -0.4 is 24.6 Å². The molecule has 3 aromatic rings. The van der Waals surface area contributed by atoms with Gasteiger partial charge in [0.05, 0.1) is 11.4 Å². The van der Waals surface area contributed by atoms with E-state index in [1.165, 1.54) is 30.5 Å². The van der Waals surface area contributed by atoms with Gasteiger partial charge in [-0.3, -0.25) is 10.2 Å². The molecule has 0 radical (unpaired) electrons. The molecule has 8 nitrogen and oxygen atoms in total. The molecular weight excluding hydrogens is 467 g/mol. The number of rotatable bonds is 6. The second kappa shape index (κ2) is 8.39. The molecule has 0 saturated heterocycles. The normalized spacial score (nSPS) is 15.1. The zero-order chi connectivity index (χ0) is 24.5. The summed E-state index contributed by atoms with van der Waals surface area (Å²) in [6, 6.07) is 11.0. The van der Waals surface area contributed by atoms with E-state index < -0.39 is 29.5 Å². The van der Waals surface area contributed by atoms with Crippen LogP contribution in [0.3, 0.4) is 0 Å². The molecule has 1 N–H and O–H groups in total. The van der Waals surface area contributed by atoms with E-state index in [0.717, 1.165) is 24.3 Å². The molecule has 0 spiro atoms. The summed E-state index contributed by atoms with van der Waals surface area (Å²) in [6.07, 6.45) is -8.29.